The highest BCUT2D eigenvalue weighted by molar-refractivity contribution is 5.65. The maximum Gasteiger partial charge on any atom is 0.148 e. The third kappa shape index (κ3) is 2.30. The molecule has 2 rings (SSSR count). The standard InChI is InChI=1S/C14H12FN3/c1-9-6-7-11(8-16)14(17-9)18-13-5-3-4-12(15)10(13)2/h3-7H,1-2H3,(H,17,18). The van der Waals surface area contributed by atoms with Crippen LogP contribution in [0.15, 0.2) is 30.3 Å². The number of aromatic nitrogens is 1. The van der Waals surface area contributed by atoms with Crippen molar-refractivity contribution >= 4 is 11.5 Å². The second kappa shape index (κ2) is 4.84. The van der Waals surface area contributed by atoms with Crippen LogP contribution in [0.2, 0.25) is 0 Å². The lowest BCUT2D eigenvalue weighted by Crippen LogP contribution is -2.00. The Labute approximate surface area is 105 Å². The molecule has 0 radical (unpaired) electrons. The van der Waals surface area contributed by atoms with Crippen molar-refractivity contribution in [2.45, 2.75) is 13.8 Å². The van der Waals surface area contributed by atoms with Gasteiger partial charge in [-0.3, -0.25) is 0 Å². The molecule has 0 saturated heterocycles. The Morgan fingerprint density at radius 1 is 1.22 bits per heavy atom. The van der Waals surface area contributed by atoms with E-state index in [0.29, 0.717) is 22.6 Å². The van der Waals surface area contributed by atoms with Crippen molar-refractivity contribution in [2.24, 2.45) is 0 Å². The predicted octanol–water partition coefficient (Wildman–Crippen LogP) is 3.45. The fourth-order valence-corrected chi connectivity index (χ4v) is 1.61. The molecule has 1 heterocycles. The van der Waals surface area contributed by atoms with Gasteiger partial charge in [-0.05, 0) is 38.1 Å². The van der Waals surface area contributed by atoms with Gasteiger partial charge in [-0.15, -0.1) is 0 Å². The van der Waals surface area contributed by atoms with E-state index >= 15 is 0 Å². The molecule has 0 amide bonds. The SMILES string of the molecule is Cc1ccc(C#N)c(Nc2cccc(F)c2C)n1. The lowest BCUT2D eigenvalue weighted by atomic mass is 10.1. The summed E-state index contributed by atoms with van der Waals surface area (Å²) < 4.78 is 13.4. The number of nitrogens with zero attached hydrogens (tertiary/aromatic N) is 2. The second-order valence-corrected chi connectivity index (χ2v) is 4.00. The van der Waals surface area contributed by atoms with Crippen molar-refractivity contribution < 1.29 is 4.39 Å². The zero-order chi connectivity index (χ0) is 13.1. The molecule has 0 spiro atoms. The van der Waals surface area contributed by atoms with E-state index in [1.165, 1.54) is 6.07 Å². The summed E-state index contributed by atoms with van der Waals surface area (Å²) in [6.07, 6.45) is 0. The molecule has 1 N–H and O–H groups in total. The average molecular weight is 241 g/mol. The minimum atomic E-state index is -0.286. The number of hydrogen-bond acceptors (Lipinski definition) is 3. The van der Waals surface area contributed by atoms with Crippen molar-refractivity contribution in [1.82, 2.24) is 4.98 Å². The smallest absolute Gasteiger partial charge is 0.148 e. The normalized spacial score (nSPS) is 9.89. The highest BCUT2D eigenvalue weighted by Crippen LogP contribution is 2.23. The molecule has 90 valence electrons. The summed E-state index contributed by atoms with van der Waals surface area (Å²) in [7, 11) is 0. The van der Waals surface area contributed by atoms with Gasteiger partial charge in [0.15, 0.2) is 0 Å². The van der Waals surface area contributed by atoms with Crippen LogP contribution in [0.4, 0.5) is 15.9 Å². The van der Waals surface area contributed by atoms with Gasteiger partial charge in [-0.2, -0.15) is 5.26 Å². The molecule has 0 saturated carbocycles. The molecular weight excluding hydrogens is 229 g/mol. The van der Waals surface area contributed by atoms with E-state index in [9.17, 15) is 4.39 Å². The number of nitriles is 1. The number of pyridine rings is 1. The van der Waals surface area contributed by atoms with Crippen molar-refractivity contribution in [1.29, 1.82) is 5.26 Å². The van der Waals surface area contributed by atoms with Gasteiger partial charge in [0, 0.05) is 16.9 Å². The molecule has 1 aromatic carbocycles. The van der Waals surface area contributed by atoms with Crippen LogP contribution in [-0.4, -0.2) is 4.98 Å². The topological polar surface area (TPSA) is 48.7 Å². The number of hydrogen-bond donors (Lipinski definition) is 1. The van der Waals surface area contributed by atoms with E-state index in [0.717, 1.165) is 5.69 Å². The first-order valence-corrected chi connectivity index (χ1v) is 5.51. The molecule has 2 aromatic rings. The average Bonchev–Trinajstić information content (AvgIpc) is 2.35. The molecule has 0 unspecified atom stereocenters. The van der Waals surface area contributed by atoms with Gasteiger partial charge in [-0.25, -0.2) is 9.37 Å². The van der Waals surface area contributed by atoms with Gasteiger partial charge < -0.3 is 5.32 Å². The first kappa shape index (κ1) is 12.1. The van der Waals surface area contributed by atoms with Crippen LogP contribution >= 0.6 is 0 Å². The fourth-order valence-electron chi connectivity index (χ4n) is 1.61. The number of nitrogens with one attached hydrogen (secondary N) is 1. The molecule has 0 aliphatic carbocycles. The number of rotatable bonds is 2. The fraction of sp³-hybridized carbons (Fsp3) is 0.143. The van der Waals surface area contributed by atoms with E-state index in [1.807, 2.05) is 6.92 Å². The summed E-state index contributed by atoms with van der Waals surface area (Å²) in [4.78, 5) is 4.25. The summed E-state index contributed by atoms with van der Waals surface area (Å²) in [6.45, 7) is 3.52. The Bertz CT molecular complexity index is 629. The summed E-state index contributed by atoms with van der Waals surface area (Å²) in [5, 5.41) is 12.0. The summed E-state index contributed by atoms with van der Waals surface area (Å²) in [5.74, 6) is 0.164. The van der Waals surface area contributed by atoms with Crippen molar-refractivity contribution in [3.63, 3.8) is 0 Å². The quantitative estimate of drug-likeness (QED) is 0.876. The van der Waals surface area contributed by atoms with E-state index < -0.39 is 0 Å². The molecular formula is C14H12FN3. The summed E-state index contributed by atoms with van der Waals surface area (Å²) >= 11 is 0. The molecule has 0 fully saturated rings. The monoisotopic (exact) mass is 241 g/mol. The summed E-state index contributed by atoms with van der Waals surface area (Å²) in [6, 6.07) is 10.3. The van der Waals surface area contributed by atoms with E-state index in [4.69, 9.17) is 5.26 Å². The zero-order valence-electron chi connectivity index (χ0n) is 10.2. The summed E-state index contributed by atoms with van der Waals surface area (Å²) in [5.41, 5.74) is 2.35. The van der Waals surface area contributed by atoms with Gasteiger partial charge in [0.05, 0.1) is 5.56 Å². The van der Waals surface area contributed by atoms with E-state index in [1.54, 1.807) is 31.2 Å². The molecule has 0 atom stereocenters. The molecule has 3 nitrogen and oxygen atoms in total. The first-order valence-electron chi connectivity index (χ1n) is 5.51. The van der Waals surface area contributed by atoms with Crippen LogP contribution in [0, 0.1) is 31.0 Å². The lowest BCUT2D eigenvalue weighted by molar-refractivity contribution is 0.619. The molecule has 4 heteroatoms. The van der Waals surface area contributed by atoms with Crippen LogP contribution in [0.25, 0.3) is 0 Å². The number of anilines is 2. The highest BCUT2D eigenvalue weighted by atomic mass is 19.1. The largest absolute Gasteiger partial charge is 0.339 e. The van der Waals surface area contributed by atoms with Crippen LogP contribution in [-0.2, 0) is 0 Å². The van der Waals surface area contributed by atoms with Crippen molar-refractivity contribution in [2.75, 3.05) is 5.32 Å². The van der Waals surface area contributed by atoms with Gasteiger partial charge in [0.2, 0.25) is 0 Å². The van der Waals surface area contributed by atoms with E-state index in [2.05, 4.69) is 16.4 Å². The Morgan fingerprint density at radius 3 is 2.72 bits per heavy atom. The third-order valence-corrected chi connectivity index (χ3v) is 2.68. The molecule has 0 bridgehead atoms. The van der Waals surface area contributed by atoms with E-state index in [-0.39, 0.29) is 5.82 Å². The number of halogens is 1. The van der Waals surface area contributed by atoms with Crippen LogP contribution < -0.4 is 5.32 Å². The second-order valence-electron chi connectivity index (χ2n) is 4.00. The molecule has 18 heavy (non-hydrogen) atoms. The Morgan fingerprint density at radius 2 is 2.00 bits per heavy atom. The van der Waals surface area contributed by atoms with Crippen molar-refractivity contribution in [3.8, 4) is 6.07 Å². The third-order valence-electron chi connectivity index (χ3n) is 2.68. The van der Waals surface area contributed by atoms with Gasteiger partial charge in [0.1, 0.15) is 17.7 Å². The van der Waals surface area contributed by atoms with Crippen LogP contribution in [0.3, 0.4) is 0 Å². The maximum atomic E-state index is 13.4. The van der Waals surface area contributed by atoms with Gasteiger partial charge >= 0.3 is 0 Å². The zero-order valence-corrected chi connectivity index (χ0v) is 10.2. The minimum Gasteiger partial charge on any atom is -0.339 e. The Kier molecular flexibility index (Phi) is 3.24. The van der Waals surface area contributed by atoms with Crippen molar-refractivity contribution in [3.05, 3.63) is 53.0 Å². The molecule has 1 aromatic heterocycles. The van der Waals surface area contributed by atoms with Gasteiger partial charge in [-0.1, -0.05) is 6.07 Å². The lowest BCUT2D eigenvalue weighted by Gasteiger charge is -2.11. The number of benzene rings is 1. The molecule has 0 aliphatic rings. The maximum absolute atomic E-state index is 13.4. The van der Waals surface area contributed by atoms with Crippen LogP contribution in [0.1, 0.15) is 16.8 Å². The number of aryl methyl sites for hydroxylation is 1. The molecule has 0 aliphatic heterocycles. The van der Waals surface area contributed by atoms with Gasteiger partial charge in [0.25, 0.3) is 0 Å². The predicted molar refractivity (Wildman–Crippen MR) is 68.1 cm³/mol. The highest BCUT2D eigenvalue weighted by Gasteiger charge is 2.08. The minimum absolute atomic E-state index is 0.286. The Hall–Kier alpha value is -2.41. The van der Waals surface area contributed by atoms with Crippen LogP contribution in [0.5, 0.6) is 0 Å². The Balaban J connectivity index is 2.43. The first-order chi connectivity index (χ1) is 8.61.